The molecule has 2 nitrogen and oxygen atoms in total. The molecule has 1 aromatic heterocycles. The molecule has 0 fully saturated rings. The Bertz CT molecular complexity index is 297. The van der Waals surface area contributed by atoms with Gasteiger partial charge >= 0.3 is 0 Å². The Balaban J connectivity index is 2.27. The second-order valence-electron chi connectivity index (χ2n) is 4.32. The van der Waals surface area contributed by atoms with Crippen LogP contribution in [0.2, 0.25) is 0 Å². The maximum Gasteiger partial charge on any atom is 0.0285 e. The number of halogens is 1. The minimum atomic E-state index is 0.170. The summed E-state index contributed by atoms with van der Waals surface area (Å²) in [4.78, 5) is 1.43. The van der Waals surface area contributed by atoms with Gasteiger partial charge in [0.1, 0.15) is 0 Å². The van der Waals surface area contributed by atoms with Crippen molar-refractivity contribution in [3.63, 3.8) is 0 Å². The predicted molar refractivity (Wildman–Crippen MR) is 71.7 cm³/mol. The van der Waals surface area contributed by atoms with Crippen molar-refractivity contribution >= 4 is 27.3 Å². The number of hydrogen-bond acceptors (Lipinski definition) is 3. The second kappa shape index (κ2) is 5.99. The average Bonchev–Trinajstić information content (AvgIpc) is 2.51. The van der Waals surface area contributed by atoms with Crippen LogP contribution in [-0.2, 0) is 6.42 Å². The van der Waals surface area contributed by atoms with E-state index in [9.17, 15) is 0 Å². The number of rotatable bonds is 6. The normalized spacial score (nSPS) is 12.0. The van der Waals surface area contributed by atoms with Crippen LogP contribution in [-0.4, -0.2) is 25.7 Å². The summed E-state index contributed by atoms with van der Waals surface area (Å²) in [6, 6.07) is 2.19. The lowest BCUT2D eigenvalue weighted by atomic mass is 10.1. The Hall–Kier alpha value is 0.1000. The van der Waals surface area contributed by atoms with E-state index in [0.717, 1.165) is 19.5 Å². The van der Waals surface area contributed by atoms with Crippen molar-refractivity contribution in [3.05, 3.63) is 20.8 Å². The van der Waals surface area contributed by atoms with Crippen molar-refractivity contribution in [1.82, 2.24) is 10.6 Å². The van der Waals surface area contributed by atoms with E-state index in [-0.39, 0.29) is 5.54 Å². The highest BCUT2D eigenvalue weighted by molar-refractivity contribution is 9.10. The Morgan fingerprint density at radius 1 is 1.47 bits per heavy atom. The molecule has 0 radical (unpaired) electrons. The molecule has 0 saturated heterocycles. The van der Waals surface area contributed by atoms with Crippen molar-refractivity contribution in [2.24, 2.45) is 0 Å². The molecule has 0 aliphatic rings. The van der Waals surface area contributed by atoms with Crippen LogP contribution in [0.5, 0.6) is 0 Å². The molecule has 86 valence electrons. The molecule has 0 bridgehead atoms. The van der Waals surface area contributed by atoms with Crippen LogP contribution >= 0.6 is 27.3 Å². The first-order valence-electron chi connectivity index (χ1n) is 5.16. The van der Waals surface area contributed by atoms with Crippen molar-refractivity contribution < 1.29 is 0 Å². The third kappa shape index (κ3) is 5.11. The predicted octanol–water partition coefficient (Wildman–Crippen LogP) is 2.64. The van der Waals surface area contributed by atoms with Gasteiger partial charge in [-0.25, -0.2) is 0 Å². The van der Waals surface area contributed by atoms with Gasteiger partial charge in [0.05, 0.1) is 0 Å². The Morgan fingerprint density at radius 3 is 2.73 bits per heavy atom. The van der Waals surface area contributed by atoms with Crippen LogP contribution < -0.4 is 10.6 Å². The van der Waals surface area contributed by atoms with Gasteiger partial charge in [-0.3, -0.25) is 0 Å². The van der Waals surface area contributed by atoms with Gasteiger partial charge in [-0.15, -0.1) is 11.3 Å². The van der Waals surface area contributed by atoms with Crippen molar-refractivity contribution in [2.45, 2.75) is 25.8 Å². The third-order valence-electron chi connectivity index (χ3n) is 2.22. The molecule has 0 unspecified atom stereocenters. The van der Waals surface area contributed by atoms with Gasteiger partial charge in [0, 0.05) is 33.4 Å². The summed E-state index contributed by atoms with van der Waals surface area (Å²) in [5.41, 5.74) is 0.170. The SMILES string of the molecule is CNCC(C)(C)NCCc1cc(Br)cs1. The lowest BCUT2D eigenvalue weighted by Gasteiger charge is -2.25. The topological polar surface area (TPSA) is 24.1 Å². The highest BCUT2D eigenvalue weighted by Gasteiger charge is 2.14. The molecule has 2 N–H and O–H groups in total. The number of hydrogen-bond donors (Lipinski definition) is 2. The molecule has 0 saturated carbocycles. The molecule has 1 rings (SSSR count). The van der Waals surface area contributed by atoms with Gasteiger partial charge in [-0.2, -0.15) is 0 Å². The summed E-state index contributed by atoms with van der Waals surface area (Å²) in [6.07, 6.45) is 1.10. The molecule has 0 amide bonds. The maximum atomic E-state index is 3.55. The zero-order valence-electron chi connectivity index (χ0n) is 9.56. The van der Waals surface area contributed by atoms with Crippen LogP contribution in [0.25, 0.3) is 0 Å². The van der Waals surface area contributed by atoms with E-state index in [0.29, 0.717) is 0 Å². The summed E-state index contributed by atoms with van der Waals surface area (Å²) < 4.78 is 1.19. The molecular weight excluding hydrogens is 272 g/mol. The average molecular weight is 291 g/mol. The van der Waals surface area contributed by atoms with Gasteiger partial charge in [-0.1, -0.05) is 0 Å². The molecule has 1 heterocycles. The molecule has 0 aliphatic carbocycles. The Morgan fingerprint density at radius 2 is 2.20 bits per heavy atom. The molecule has 0 atom stereocenters. The zero-order valence-corrected chi connectivity index (χ0v) is 12.0. The number of thiophene rings is 1. The number of nitrogens with one attached hydrogen (secondary N) is 2. The monoisotopic (exact) mass is 290 g/mol. The fourth-order valence-electron chi connectivity index (χ4n) is 1.51. The van der Waals surface area contributed by atoms with Crippen molar-refractivity contribution in [3.8, 4) is 0 Å². The minimum absolute atomic E-state index is 0.170. The lowest BCUT2D eigenvalue weighted by molar-refractivity contribution is 0.379. The molecule has 0 spiro atoms. The standard InChI is InChI=1S/C11H19BrN2S/c1-11(2,8-13-3)14-5-4-10-6-9(12)7-15-10/h6-7,13-14H,4-5,8H2,1-3H3. The summed E-state index contributed by atoms with van der Waals surface area (Å²) in [5.74, 6) is 0. The van der Waals surface area contributed by atoms with Crippen LogP contribution in [0.1, 0.15) is 18.7 Å². The third-order valence-corrected chi connectivity index (χ3v) is 3.97. The molecular formula is C11H19BrN2S. The smallest absolute Gasteiger partial charge is 0.0285 e. The van der Waals surface area contributed by atoms with E-state index in [1.807, 2.05) is 18.4 Å². The Kier molecular flexibility index (Phi) is 5.26. The summed E-state index contributed by atoms with van der Waals surface area (Å²) in [5, 5.41) is 8.87. The van der Waals surface area contributed by atoms with Crippen LogP contribution in [0, 0.1) is 0 Å². The maximum absolute atomic E-state index is 3.55. The molecule has 0 aromatic carbocycles. The van der Waals surface area contributed by atoms with E-state index in [4.69, 9.17) is 0 Å². The quantitative estimate of drug-likeness (QED) is 0.842. The van der Waals surface area contributed by atoms with Crippen LogP contribution in [0.15, 0.2) is 15.9 Å². The second-order valence-corrected chi connectivity index (χ2v) is 6.23. The molecule has 1 aromatic rings. The van der Waals surface area contributed by atoms with E-state index in [2.05, 4.69) is 51.9 Å². The number of likely N-dealkylation sites (N-methyl/N-ethyl adjacent to an activating group) is 1. The van der Waals surface area contributed by atoms with Crippen LogP contribution in [0.3, 0.4) is 0 Å². The van der Waals surface area contributed by atoms with E-state index in [1.165, 1.54) is 9.35 Å². The van der Waals surface area contributed by atoms with Gasteiger partial charge in [-0.05, 0) is 49.3 Å². The first-order chi connectivity index (χ1) is 7.03. The fourth-order valence-corrected chi connectivity index (χ4v) is 2.97. The highest BCUT2D eigenvalue weighted by Crippen LogP contribution is 2.19. The Labute approximate surface area is 105 Å². The van der Waals surface area contributed by atoms with E-state index < -0.39 is 0 Å². The van der Waals surface area contributed by atoms with Gasteiger partial charge in [0.25, 0.3) is 0 Å². The summed E-state index contributed by atoms with van der Waals surface area (Å²) >= 11 is 5.28. The molecule has 15 heavy (non-hydrogen) atoms. The molecule has 4 heteroatoms. The molecule has 0 aliphatic heterocycles. The highest BCUT2D eigenvalue weighted by atomic mass is 79.9. The van der Waals surface area contributed by atoms with E-state index >= 15 is 0 Å². The lowest BCUT2D eigenvalue weighted by Crippen LogP contribution is -2.47. The first kappa shape index (κ1) is 13.2. The van der Waals surface area contributed by atoms with Crippen molar-refractivity contribution in [1.29, 1.82) is 0 Å². The first-order valence-corrected chi connectivity index (χ1v) is 6.83. The van der Waals surface area contributed by atoms with Crippen molar-refractivity contribution in [2.75, 3.05) is 20.1 Å². The summed E-state index contributed by atoms with van der Waals surface area (Å²) in [6.45, 7) is 6.45. The van der Waals surface area contributed by atoms with E-state index in [1.54, 1.807) is 0 Å². The van der Waals surface area contributed by atoms with Gasteiger partial charge in [0.15, 0.2) is 0 Å². The van der Waals surface area contributed by atoms with Gasteiger partial charge in [0.2, 0.25) is 0 Å². The fraction of sp³-hybridized carbons (Fsp3) is 0.636. The van der Waals surface area contributed by atoms with Crippen LogP contribution in [0.4, 0.5) is 0 Å². The van der Waals surface area contributed by atoms with Gasteiger partial charge < -0.3 is 10.6 Å². The minimum Gasteiger partial charge on any atom is -0.318 e. The largest absolute Gasteiger partial charge is 0.318 e. The zero-order chi connectivity index (χ0) is 11.3. The summed E-state index contributed by atoms with van der Waals surface area (Å²) in [7, 11) is 1.99.